The van der Waals surface area contributed by atoms with E-state index in [1.165, 1.54) is 12.8 Å². The Bertz CT molecular complexity index is 730. The normalized spacial score (nSPS) is 22.0. The van der Waals surface area contributed by atoms with E-state index >= 15 is 0 Å². The zero-order valence-corrected chi connectivity index (χ0v) is 11.8. The molecule has 0 spiro atoms. The van der Waals surface area contributed by atoms with Crippen molar-refractivity contribution in [3.8, 4) is 11.8 Å². The summed E-state index contributed by atoms with van der Waals surface area (Å²) in [6.07, 6.45) is 5.30. The van der Waals surface area contributed by atoms with Gasteiger partial charge in [-0.05, 0) is 50.3 Å². The van der Waals surface area contributed by atoms with E-state index in [2.05, 4.69) is 16.9 Å². The maximum Gasteiger partial charge on any atom is 0.240 e. The van der Waals surface area contributed by atoms with Gasteiger partial charge in [0, 0.05) is 18.1 Å². The minimum atomic E-state index is -0.436. The van der Waals surface area contributed by atoms with Crippen LogP contribution < -0.4 is 0 Å². The SMILES string of the molecule is Fc1nn(C2CCCCO2)c2ccc(C#CC3CC3)cc12. The van der Waals surface area contributed by atoms with Crippen molar-refractivity contribution in [3.63, 3.8) is 0 Å². The molecule has 0 radical (unpaired) electrons. The molecule has 2 aromatic rings. The largest absolute Gasteiger partial charge is 0.356 e. The molecule has 1 aromatic carbocycles. The van der Waals surface area contributed by atoms with Crippen LogP contribution in [0.15, 0.2) is 18.2 Å². The molecule has 1 aliphatic carbocycles. The Kier molecular flexibility index (Phi) is 3.16. The highest BCUT2D eigenvalue weighted by Gasteiger charge is 2.21. The van der Waals surface area contributed by atoms with Crippen molar-refractivity contribution in [1.82, 2.24) is 9.78 Å². The number of benzene rings is 1. The predicted octanol–water partition coefficient (Wildman–Crippen LogP) is 3.64. The van der Waals surface area contributed by atoms with Gasteiger partial charge in [0.25, 0.3) is 0 Å². The van der Waals surface area contributed by atoms with Crippen molar-refractivity contribution in [2.75, 3.05) is 6.61 Å². The van der Waals surface area contributed by atoms with Crippen LogP contribution in [0.2, 0.25) is 0 Å². The standard InChI is InChI=1S/C17H17FN2O/c18-17-14-11-13(7-6-12-4-5-12)8-9-15(14)20(19-17)16-3-1-2-10-21-16/h8-9,11-12,16H,1-5,10H2. The second-order valence-corrected chi connectivity index (χ2v) is 5.83. The number of nitrogens with zero attached hydrogens (tertiary/aromatic N) is 2. The summed E-state index contributed by atoms with van der Waals surface area (Å²) in [5.41, 5.74) is 1.65. The van der Waals surface area contributed by atoms with Crippen LogP contribution in [0, 0.1) is 23.7 Å². The monoisotopic (exact) mass is 284 g/mol. The van der Waals surface area contributed by atoms with Crippen molar-refractivity contribution in [3.05, 3.63) is 29.7 Å². The zero-order valence-electron chi connectivity index (χ0n) is 11.8. The molecular formula is C17H17FN2O. The molecule has 1 atom stereocenters. The molecule has 108 valence electrons. The van der Waals surface area contributed by atoms with E-state index in [1.807, 2.05) is 12.1 Å². The van der Waals surface area contributed by atoms with Crippen molar-refractivity contribution in [2.24, 2.45) is 5.92 Å². The van der Waals surface area contributed by atoms with Gasteiger partial charge in [-0.2, -0.15) is 4.39 Å². The molecule has 2 aliphatic rings. The van der Waals surface area contributed by atoms with E-state index in [0.29, 0.717) is 11.3 Å². The molecule has 2 fully saturated rings. The number of rotatable bonds is 1. The Morgan fingerprint density at radius 1 is 1.24 bits per heavy atom. The average molecular weight is 284 g/mol. The predicted molar refractivity (Wildman–Crippen MR) is 78.1 cm³/mol. The third kappa shape index (κ3) is 2.54. The lowest BCUT2D eigenvalue weighted by Crippen LogP contribution is -2.19. The Morgan fingerprint density at radius 3 is 2.90 bits per heavy atom. The molecule has 0 bridgehead atoms. The van der Waals surface area contributed by atoms with Crippen LogP contribution in [-0.4, -0.2) is 16.4 Å². The van der Waals surface area contributed by atoms with Crippen LogP contribution in [0.1, 0.15) is 43.9 Å². The first kappa shape index (κ1) is 12.8. The van der Waals surface area contributed by atoms with E-state index in [1.54, 1.807) is 10.7 Å². The fourth-order valence-electron chi connectivity index (χ4n) is 2.73. The van der Waals surface area contributed by atoms with Gasteiger partial charge in [-0.1, -0.05) is 11.8 Å². The van der Waals surface area contributed by atoms with Gasteiger partial charge in [-0.15, -0.1) is 5.10 Å². The smallest absolute Gasteiger partial charge is 0.240 e. The van der Waals surface area contributed by atoms with Gasteiger partial charge in [0.05, 0.1) is 10.9 Å². The first-order valence-electron chi connectivity index (χ1n) is 7.62. The molecule has 1 unspecified atom stereocenters. The van der Waals surface area contributed by atoms with Crippen molar-refractivity contribution in [1.29, 1.82) is 0 Å². The molecule has 3 nitrogen and oxygen atoms in total. The Labute approximate surface area is 123 Å². The van der Waals surface area contributed by atoms with Gasteiger partial charge in [0.15, 0.2) is 6.23 Å². The summed E-state index contributed by atoms with van der Waals surface area (Å²) in [7, 11) is 0. The van der Waals surface area contributed by atoms with Gasteiger partial charge in [0.1, 0.15) is 0 Å². The van der Waals surface area contributed by atoms with E-state index < -0.39 is 5.95 Å². The quantitative estimate of drug-likeness (QED) is 0.748. The molecule has 1 aromatic heterocycles. The van der Waals surface area contributed by atoms with Crippen LogP contribution in [0.5, 0.6) is 0 Å². The maximum atomic E-state index is 14.1. The lowest BCUT2D eigenvalue weighted by Gasteiger charge is -2.23. The van der Waals surface area contributed by atoms with Gasteiger partial charge in [0.2, 0.25) is 5.95 Å². The molecule has 2 heterocycles. The maximum absolute atomic E-state index is 14.1. The molecule has 0 amide bonds. The van der Waals surface area contributed by atoms with Crippen LogP contribution in [0.4, 0.5) is 4.39 Å². The number of aromatic nitrogens is 2. The summed E-state index contributed by atoms with van der Waals surface area (Å²) in [6.45, 7) is 0.721. The molecule has 21 heavy (non-hydrogen) atoms. The third-order valence-corrected chi connectivity index (χ3v) is 4.09. The van der Waals surface area contributed by atoms with Crippen molar-refractivity contribution < 1.29 is 9.13 Å². The second-order valence-electron chi connectivity index (χ2n) is 5.83. The fourth-order valence-corrected chi connectivity index (χ4v) is 2.73. The summed E-state index contributed by atoms with van der Waals surface area (Å²) in [5.74, 6) is 6.44. The van der Waals surface area contributed by atoms with Gasteiger partial charge < -0.3 is 4.74 Å². The van der Waals surface area contributed by atoms with Crippen LogP contribution in [-0.2, 0) is 4.74 Å². The summed E-state index contributed by atoms with van der Waals surface area (Å²) in [4.78, 5) is 0. The van der Waals surface area contributed by atoms with Crippen molar-refractivity contribution >= 4 is 10.9 Å². The number of halogens is 1. The summed E-state index contributed by atoms with van der Waals surface area (Å²) >= 11 is 0. The third-order valence-electron chi connectivity index (χ3n) is 4.09. The summed E-state index contributed by atoms with van der Waals surface area (Å²) in [6, 6.07) is 5.64. The van der Waals surface area contributed by atoms with Crippen LogP contribution in [0.25, 0.3) is 10.9 Å². The lowest BCUT2D eigenvalue weighted by molar-refractivity contribution is -0.0375. The number of hydrogen-bond donors (Lipinski definition) is 0. The van der Waals surface area contributed by atoms with E-state index in [4.69, 9.17) is 4.74 Å². The highest BCUT2D eigenvalue weighted by Crippen LogP contribution is 2.29. The molecule has 4 rings (SSSR count). The lowest BCUT2D eigenvalue weighted by atomic mass is 10.1. The van der Waals surface area contributed by atoms with Gasteiger partial charge in [-0.25, -0.2) is 4.68 Å². The molecule has 1 aliphatic heterocycles. The highest BCUT2D eigenvalue weighted by molar-refractivity contribution is 5.81. The first-order valence-corrected chi connectivity index (χ1v) is 7.62. The van der Waals surface area contributed by atoms with Gasteiger partial charge >= 0.3 is 0 Å². The molecule has 1 saturated carbocycles. The van der Waals surface area contributed by atoms with Crippen LogP contribution in [0.3, 0.4) is 0 Å². The Balaban J connectivity index is 1.71. The van der Waals surface area contributed by atoms with E-state index in [9.17, 15) is 4.39 Å². The van der Waals surface area contributed by atoms with E-state index in [0.717, 1.165) is 36.9 Å². The second kappa shape index (κ2) is 5.16. The average Bonchev–Trinajstić information content (AvgIpc) is 3.30. The van der Waals surface area contributed by atoms with Crippen molar-refractivity contribution in [2.45, 2.75) is 38.3 Å². The summed E-state index contributed by atoms with van der Waals surface area (Å²) in [5, 5.41) is 4.57. The first-order chi connectivity index (χ1) is 10.3. The topological polar surface area (TPSA) is 27.1 Å². The minimum Gasteiger partial charge on any atom is -0.356 e. The molecular weight excluding hydrogens is 267 g/mol. The van der Waals surface area contributed by atoms with Gasteiger partial charge in [-0.3, -0.25) is 0 Å². The van der Waals surface area contributed by atoms with Crippen LogP contribution >= 0.6 is 0 Å². The molecule has 1 saturated heterocycles. The number of fused-ring (bicyclic) bond motifs is 1. The Hall–Kier alpha value is -1.86. The summed E-state index contributed by atoms with van der Waals surface area (Å²) < 4.78 is 21.5. The highest BCUT2D eigenvalue weighted by atomic mass is 19.1. The zero-order chi connectivity index (χ0) is 14.2. The molecule has 0 N–H and O–H groups in total. The number of ether oxygens (including phenoxy) is 1. The van der Waals surface area contributed by atoms with E-state index in [-0.39, 0.29) is 6.23 Å². The number of hydrogen-bond acceptors (Lipinski definition) is 2. The Morgan fingerprint density at radius 2 is 2.14 bits per heavy atom. The molecule has 4 heteroatoms. The fraction of sp³-hybridized carbons (Fsp3) is 0.471. The minimum absolute atomic E-state index is 0.144.